The lowest BCUT2D eigenvalue weighted by atomic mass is 10.1. The lowest BCUT2D eigenvalue weighted by Gasteiger charge is -2.09. The summed E-state index contributed by atoms with van der Waals surface area (Å²) in [6.45, 7) is 3.99. The van der Waals surface area contributed by atoms with Crippen molar-refractivity contribution in [3.05, 3.63) is 41.4 Å². The smallest absolute Gasteiger partial charge is 0.261 e. The van der Waals surface area contributed by atoms with Crippen LogP contribution in [0.1, 0.15) is 5.56 Å². The second-order valence-corrected chi connectivity index (χ2v) is 4.03. The predicted molar refractivity (Wildman–Crippen MR) is 62.8 cm³/mol. The summed E-state index contributed by atoms with van der Waals surface area (Å²) in [5, 5.41) is 3.37. The molecule has 1 unspecified atom stereocenters. The fraction of sp³-hybridized carbons (Fsp3) is 0.250. The van der Waals surface area contributed by atoms with Crippen LogP contribution in [0.4, 0.5) is 0 Å². The molecule has 0 saturated heterocycles. The topological polar surface area (TPSA) is 38.3 Å². The van der Waals surface area contributed by atoms with E-state index in [9.17, 15) is 4.79 Å². The monoisotopic (exact) mass is 237 g/mol. The highest BCUT2D eigenvalue weighted by Gasteiger charge is 2.28. The van der Waals surface area contributed by atoms with E-state index < -0.39 is 6.10 Å². The first-order valence-electron chi connectivity index (χ1n) is 5.04. The normalized spacial score (nSPS) is 17.4. The molecule has 1 N–H and O–H groups in total. The Labute approximate surface area is 99.1 Å². The number of carbonyl (C=O) groups is 1. The molecule has 1 heterocycles. The van der Waals surface area contributed by atoms with Crippen LogP contribution in [0.2, 0.25) is 5.02 Å². The molecule has 4 heteroatoms. The van der Waals surface area contributed by atoms with E-state index >= 15 is 0 Å². The van der Waals surface area contributed by atoms with Crippen LogP contribution >= 0.6 is 11.6 Å². The quantitative estimate of drug-likeness (QED) is 0.816. The third-order valence-corrected chi connectivity index (χ3v) is 2.65. The number of hydrogen-bond donors (Lipinski definition) is 1. The Bertz CT molecular complexity index is 431. The number of benzene rings is 1. The molecule has 0 fully saturated rings. The van der Waals surface area contributed by atoms with E-state index in [0.29, 0.717) is 18.0 Å². The van der Waals surface area contributed by atoms with Gasteiger partial charge in [-0.3, -0.25) is 4.79 Å². The molecule has 0 aromatic heterocycles. The van der Waals surface area contributed by atoms with Gasteiger partial charge in [0.2, 0.25) is 0 Å². The van der Waals surface area contributed by atoms with Gasteiger partial charge in [0.15, 0.2) is 6.10 Å². The zero-order valence-corrected chi connectivity index (χ0v) is 9.46. The largest absolute Gasteiger partial charge is 0.480 e. The fourth-order valence-corrected chi connectivity index (χ4v) is 1.84. The van der Waals surface area contributed by atoms with Crippen LogP contribution in [0.25, 0.3) is 0 Å². The average molecular weight is 238 g/mol. The molecule has 3 nitrogen and oxygen atoms in total. The van der Waals surface area contributed by atoms with Crippen LogP contribution in [0.15, 0.2) is 30.9 Å². The lowest BCUT2D eigenvalue weighted by molar-refractivity contribution is -0.127. The molecule has 0 spiro atoms. The standard InChI is InChI=1S/C12H12ClNO2/c1-2-5-14-12(15)11-7-8-6-9(13)3-4-10(8)16-11/h2-4,6,11H,1,5,7H2,(H,14,15). The molecular weight excluding hydrogens is 226 g/mol. The molecule has 0 saturated carbocycles. The Hall–Kier alpha value is -1.48. The molecule has 1 aliphatic rings. The van der Waals surface area contributed by atoms with Crippen molar-refractivity contribution < 1.29 is 9.53 Å². The van der Waals surface area contributed by atoms with Gasteiger partial charge < -0.3 is 10.1 Å². The van der Waals surface area contributed by atoms with Crippen molar-refractivity contribution in [3.63, 3.8) is 0 Å². The first-order valence-corrected chi connectivity index (χ1v) is 5.42. The minimum Gasteiger partial charge on any atom is -0.480 e. The van der Waals surface area contributed by atoms with Gasteiger partial charge in [0, 0.05) is 18.0 Å². The summed E-state index contributed by atoms with van der Waals surface area (Å²) < 4.78 is 5.52. The third-order valence-electron chi connectivity index (χ3n) is 2.41. The first-order chi connectivity index (χ1) is 7.70. The number of fused-ring (bicyclic) bond motifs is 1. The Morgan fingerprint density at radius 3 is 3.25 bits per heavy atom. The molecular formula is C12H12ClNO2. The number of halogens is 1. The maximum absolute atomic E-state index is 11.6. The molecule has 1 amide bonds. The summed E-state index contributed by atoms with van der Waals surface area (Å²) >= 11 is 5.86. The van der Waals surface area contributed by atoms with E-state index in [2.05, 4.69) is 11.9 Å². The summed E-state index contributed by atoms with van der Waals surface area (Å²) in [6.07, 6.45) is 1.75. The number of ether oxygens (including phenoxy) is 1. The SMILES string of the molecule is C=CCNC(=O)C1Cc2cc(Cl)ccc2O1. The molecule has 16 heavy (non-hydrogen) atoms. The Kier molecular flexibility index (Phi) is 3.15. The van der Waals surface area contributed by atoms with E-state index in [-0.39, 0.29) is 5.91 Å². The van der Waals surface area contributed by atoms with Crippen molar-refractivity contribution in [1.82, 2.24) is 5.32 Å². The van der Waals surface area contributed by atoms with Crippen molar-refractivity contribution in [2.45, 2.75) is 12.5 Å². The van der Waals surface area contributed by atoms with E-state index in [1.54, 1.807) is 18.2 Å². The van der Waals surface area contributed by atoms with Gasteiger partial charge in [0.25, 0.3) is 5.91 Å². The van der Waals surface area contributed by atoms with Gasteiger partial charge in [-0.05, 0) is 23.8 Å². The van der Waals surface area contributed by atoms with Gasteiger partial charge in [-0.2, -0.15) is 0 Å². The van der Waals surface area contributed by atoms with Crippen LogP contribution in [0, 0.1) is 0 Å². The van der Waals surface area contributed by atoms with E-state index in [1.807, 2.05) is 6.07 Å². The van der Waals surface area contributed by atoms with Crippen LogP contribution in [-0.2, 0) is 11.2 Å². The summed E-state index contributed by atoms with van der Waals surface area (Å²) in [4.78, 5) is 11.6. The summed E-state index contributed by atoms with van der Waals surface area (Å²) in [5.74, 6) is 0.621. The third kappa shape index (κ3) is 2.19. The molecule has 2 rings (SSSR count). The summed E-state index contributed by atoms with van der Waals surface area (Å²) in [5.41, 5.74) is 0.978. The van der Waals surface area contributed by atoms with Crippen LogP contribution in [-0.4, -0.2) is 18.6 Å². The zero-order chi connectivity index (χ0) is 11.5. The second-order valence-electron chi connectivity index (χ2n) is 3.60. The Morgan fingerprint density at radius 1 is 1.69 bits per heavy atom. The number of hydrogen-bond acceptors (Lipinski definition) is 2. The highest BCUT2D eigenvalue weighted by molar-refractivity contribution is 6.30. The molecule has 1 aliphatic heterocycles. The zero-order valence-electron chi connectivity index (χ0n) is 8.70. The van der Waals surface area contributed by atoms with Gasteiger partial charge in [-0.25, -0.2) is 0 Å². The summed E-state index contributed by atoms with van der Waals surface area (Å²) in [7, 11) is 0. The molecule has 0 radical (unpaired) electrons. The average Bonchev–Trinajstić information content (AvgIpc) is 2.68. The number of nitrogens with one attached hydrogen (secondary N) is 1. The summed E-state index contributed by atoms with van der Waals surface area (Å²) in [6, 6.07) is 5.38. The molecule has 84 valence electrons. The van der Waals surface area contributed by atoms with Crippen molar-refractivity contribution >= 4 is 17.5 Å². The van der Waals surface area contributed by atoms with Gasteiger partial charge >= 0.3 is 0 Å². The van der Waals surface area contributed by atoms with Crippen molar-refractivity contribution in [3.8, 4) is 5.75 Å². The van der Waals surface area contributed by atoms with Crippen molar-refractivity contribution in [2.24, 2.45) is 0 Å². The number of rotatable bonds is 3. The van der Waals surface area contributed by atoms with Gasteiger partial charge in [-0.15, -0.1) is 6.58 Å². The van der Waals surface area contributed by atoms with E-state index in [0.717, 1.165) is 11.3 Å². The highest BCUT2D eigenvalue weighted by Crippen LogP contribution is 2.30. The molecule has 0 aliphatic carbocycles. The predicted octanol–water partition coefficient (Wildman–Crippen LogP) is 1.95. The lowest BCUT2D eigenvalue weighted by Crippen LogP contribution is -2.37. The van der Waals surface area contributed by atoms with E-state index in [1.165, 1.54) is 0 Å². The minimum absolute atomic E-state index is 0.118. The Balaban J connectivity index is 2.05. The fourth-order valence-electron chi connectivity index (χ4n) is 1.65. The maximum atomic E-state index is 11.6. The van der Waals surface area contributed by atoms with Crippen LogP contribution in [0.5, 0.6) is 5.75 Å². The molecule has 1 aromatic rings. The van der Waals surface area contributed by atoms with Crippen molar-refractivity contribution in [1.29, 1.82) is 0 Å². The Morgan fingerprint density at radius 2 is 2.50 bits per heavy atom. The number of carbonyl (C=O) groups excluding carboxylic acids is 1. The van der Waals surface area contributed by atoms with E-state index in [4.69, 9.17) is 16.3 Å². The molecule has 1 atom stereocenters. The number of amides is 1. The minimum atomic E-state index is -0.451. The first kappa shape index (κ1) is 11.0. The van der Waals surface area contributed by atoms with Crippen molar-refractivity contribution in [2.75, 3.05) is 6.54 Å². The maximum Gasteiger partial charge on any atom is 0.261 e. The van der Waals surface area contributed by atoms with Crippen LogP contribution in [0.3, 0.4) is 0 Å². The highest BCUT2D eigenvalue weighted by atomic mass is 35.5. The van der Waals surface area contributed by atoms with Gasteiger partial charge in [-0.1, -0.05) is 17.7 Å². The van der Waals surface area contributed by atoms with Gasteiger partial charge in [0.05, 0.1) is 0 Å². The molecule has 1 aromatic carbocycles. The van der Waals surface area contributed by atoms with Gasteiger partial charge in [0.1, 0.15) is 5.75 Å². The molecule has 0 bridgehead atoms. The second kappa shape index (κ2) is 4.58. The van der Waals surface area contributed by atoms with Crippen LogP contribution < -0.4 is 10.1 Å².